The van der Waals surface area contributed by atoms with Crippen molar-refractivity contribution in [1.82, 2.24) is 20.8 Å². The number of H-pyrrole nitrogens is 1. The number of halogens is 1. The van der Waals surface area contributed by atoms with E-state index in [2.05, 4.69) is 26.9 Å². The number of benzene rings is 1. The van der Waals surface area contributed by atoms with Crippen LogP contribution in [0.15, 0.2) is 42.1 Å². The fourth-order valence-corrected chi connectivity index (χ4v) is 2.63. The third kappa shape index (κ3) is 3.37. The Bertz CT molecular complexity index is 708. The predicted octanol–water partition coefficient (Wildman–Crippen LogP) is 2.38. The highest BCUT2D eigenvalue weighted by Crippen LogP contribution is 2.23. The third-order valence-electron chi connectivity index (χ3n) is 3.63. The topological polar surface area (TPSA) is 69.8 Å². The number of nitrogens with zero attached hydrogens (tertiary/aromatic N) is 1. The zero-order chi connectivity index (χ0) is 15.4. The Morgan fingerprint density at radius 2 is 2.32 bits per heavy atom. The van der Waals surface area contributed by atoms with Crippen LogP contribution in [-0.4, -0.2) is 35.7 Å². The molecule has 1 aliphatic rings. The van der Waals surface area contributed by atoms with E-state index >= 15 is 0 Å². The fraction of sp³-hybridized carbons (Fsp3) is 0.250. The van der Waals surface area contributed by atoms with Crippen molar-refractivity contribution in [2.45, 2.75) is 6.42 Å². The van der Waals surface area contributed by atoms with Crippen LogP contribution in [0.3, 0.4) is 0 Å². The molecule has 2 aromatic rings. The van der Waals surface area contributed by atoms with Gasteiger partial charge in [-0.25, -0.2) is 0 Å². The summed E-state index contributed by atoms with van der Waals surface area (Å²) in [6, 6.07) is 7.34. The zero-order valence-electron chi connectivity index (χ0n) is 12.0. The maximum absolute atomic E-state index is 12.4. The molecule has 1 aromatic carbocycles. The van der Waals surface area contributed by atoms with Crippen LogP contribution in [0.1, 0.15) is 16.8 Å². The minimum Gasteiger partial charge on any atom is -0.348 e. The number of carbonyl (C=O) groups excluding carboxylic acids is 1. The Morgan fingerprint density at radius 3 is 3.09 bits per heavy atom. The van der Waals surface area contributed by atoms with E-state index in [1.54, 1.807) is 18.3 Å². The van der Waals surface area contributed by atoms with Gasteiger partial charge in [-0.05, 0) is 25.1 Å². The molecule has 0 radical (unpaired) electrons. The van der Waals surface area contributed by atoms with E-state index in [9.17, 15) is 4.79 Å². The van der Waals surface area contributed by atoms with Crippen LogP contribution in [-0.2, 0) is 0 Å². The monoisotopic (exact) mass is 316 g/mol. The van der Waals surface area contributed by atoms with E-state index < -0.39 is 0 Å². The Hall–Kier alpha value is -2.11. The molecule has 0 saturated heterocycles. The molecular formula is C16H17ClN4O. The lowest BCUT2D eigenvalue weighted by Gasteiger charge is -2.14. The number of aromatic amines is 1. The summed E-state index contributed by atoms with van der Waals surface area (Å²) in [6.07, 6.45) is 4.63. The second-order valence-electron chi connectivity index (χ2n) is 5.17. The molecule has 0 spiro atoms. The van der Waals surface area contributed by atoms with Gasteiger partial charge in [-0.15, -0.1) is 0 Å². The molecule has 0 unspecified atom stereocenters. The van der Waals surface area contributed by atoms with Crippen molar-refractivity contribution in [3.63, 3.8) is 0 Å². The molecule has 2 heterocycles. The van der Waals surface area contributed by atoms with Crippen LogP contribution in [0.25, 0.3) is 11.3 Å². The first kappa shape index (κ1) is 14.8. The molecule has 0 fully saturated rings. The van der Waals surface area contributed by atoms with Gasteiger partial charge in [0.1, 0.15) is 0 Å². The number of hydrogen-bond donors (Lipinski definition) is 3. The van der Waals surface area contributed by atoms with Crippen LogP contribution in [0, 0.1) is 0 Å². The first-order chi connectivity index (χ1) is 10.7. The third-order valence-corrected chi connectivity index (χ3v) is 3.87. The van der Waals surface area contributed by atoms with Crippen LogP contribution in [0.4, 0.5) is 0 Å². The Kier molecular flexibility index (Phi) is 4.56. The summed E-state index contributed by atoms with van der Waals surface area (Å²) in [4.78, 5) is 12.4. The van der Waals surface area contributed by atoms with Crippen molar-refractivity contribution < 1.29 is 4.79 Å². The van der Waals surface area contributed by atoms with Gasteiger partial charge in [0.2, 0.25) is 0 Å². The van der Waals surface area contributed by atoms with Gasteiger partial charge < -0.3 is 10.6 Å². The number of amides is 1. The molecule has 1 aromatic heterocycles. The van der Waals surface area contributed by atoms with Crippen molar-refractivity contribution in [2.24, 2.45) is 0 Å². The lowest BCUT2D eigenvalue weighted by Crippen LogP contribution is -2.29. The first-order valence-corrected chi connectivity index (χ1v) is 7.58. The molecular weight excluding hydrogens is 300 g/mol. The van der Waals surface area contributed by atoms with Crippen molar-refractivity contribution in [3.8, 4) is 11.3 Å². The number of hydrogen-bond acceptors (Lipinski definition) is 3. The molecule has 0 atom stereocenters. The van der Waals surface area contributed by atoms with Crippen LogP contribution in [0.5, 0.6) is 0 Å². The van der Waals surface area contributed by atoms with Gasteiger partial charge in [0.25, 0.3) is 5.91 Å². The van der Waals surface area contributed by atoms with E-state index in [0.717, 1.165) is 25.1 Å². The summed E-state index contributed by atoms with van der Waals surface area (Å²) in [5.74, 6) is -0.136. The lowest BCUT2D eigenvalue weighted by atomic mass is 10.1. The highest BCUT2D eigenvalue weighted by Gasteiger charge is 2.15. The molecule has 1 amide bonds. The van der Waals surface area contributed by atoms with Gasteiger partial charge >= 0.3 is 0 Å². The Labute approximate surface area is 133 Å². The number of aromatic nitrogens is 2. The van der Waals surface area contributed by atoms with Crippen molar-refractivity contribution >= 4 is 17.5 Å². The molecule has 3 rings (SSSR count). The second kappa shape index (κ2) is 6.77. The van der Waals surface area contributed by atoms with E-state index in [1.165, 1.54) is 5.57 Å². The van der Waals surface area contributed by atoms with Gasteiger partial charge in [0.15, 0.2) is 0 Å². The van der Waals surface area contributed by atoms with Gasteiger partial charge in [0.05, 0.1) is 17.5 Å². The summed E-state index contributed by atoms with van der Waals surface area (Å²) in [6.45, 7) is 2.40. The molecule has 0 aliphatic carbocycles. The van der Waals surface area contributed by atoms with Crippen LogP contribution < -0.4 is 10.6 Å². The number of rotatable bonds is 4. The molecule has 3 N–H and O–H groups in total. The highest BCUT2D eigenvalue weighted by atomic mass is 35.5. The molecule has 5 nitrogen and oxygen atoms in total. The summed E-state index contributed by atoms with van der Waals surface area (Å²) in [5, 5.41) is 13.7. The normalized spacial score (nSPS) is 14.5. The van der Waals surface area contributed by atoms with E-state index in [-0.39, 0.29) is 5.91 Å². The molecule has 1 aliphatic heterocycles. The minimum absolute atomic E-state index is 0.136. The van der Waals surface area contributed by atoms with Gasteiger partial charge in [0, 0.05) is 23.7 Å². The summed E-state index contributed by atoms with van der Waals surface area (Å²) in [7, 11) is 0. The second-order valence-corrected chi connectivity index (χ2v) is 5.60. The van der Waals surface area contributed by atoms with Crippen LogP contribution in [0.2, 0.25) is 5.02 Å². The van der Waals surface area contributed by atoms with Crippen molar-refractivity contribution in [2.75, 3.05) is 19.6 Å². The molecule has 0 bridgehead atoms. The SMILES string of the molecule is O=C(NCC1=CCNCC1)c1cn[nH]c1-c1cccc(Cl)c1. The zero-order valence-corrected chi connectivity index (χ0v) is 12.8. The standard InChI is InChI=1S/C16H17ClN4O/c17-13-3-1-2-12(8-13)15-14(10-20-21-15)16(22)19-9-11-4-6-18-7-5-11/h1-4,8,10,18H,5-7,9H2,(H,19,22)(H,20,21). The van der Waals surface area contributed by atoms with E-state index in [4.69, 9.17) is 11.6 Å². The first-order valence-electron chi connectivity index (χ1n) is 7.20. The van der Waals surface area contributed by atoms with E-state index in [1.807, 2.05) is 12.1 Å². The lowest BCUT2D eigenvalue weighted by molar-refractivity contribution is 0.0957. The number of nitrogens with one attached hydrogen (secondary N) is 3. The van der Waals surface area contributed by atoms with Crippen molar-refractivity contribution in [3.05, 3.63) is 52.7 Å². The summed E-state index contributed by atoms with van der Waals surface area (Å²) >= 11 is 6.01. The van der Waals surface area contributed by atoms with Crippen molar-refractivity contribution in [1.29, 1.82) is 0 Å². The molecule has 0 saturated carbocycles. The quantitative estimate of drug-likeness (QED) is 0.759. The van der Waals surface area contributed by atoms with Gasteiger partial charge in [-0.3, -0.25) is 9.89 Å². The minimum atomic E-state index is -0.136. The predicted molar refractivity (Wildman–Crippen MR) is 86.9 cm³/mol. The Morgan fingerprint density at radius 1 is 1.41 bits per heavy atom. The average Bonchev–Trinajstić information content (AvgIpc) is 3.03. The maximum atomic E-state index is 12.4. The fourth-order valence-electron chi connectivity index (χ4n) is 2.44. The average molecular weight is 317 g/mol. The van der Waals surface area contributed by atoms with E-state index in [0.29, 0.717) is 22.8 Å². The van der Waals surface area contributed by atoms with Gasteiger partial charge in [-0.1, -0.05) is 35.4 Å². The summed E-state index contributed by atoms with van der Waals surface area (Å²) < 4.78 is 0. The highest BCUT2D eigenvalue weighted by molar-refractivity contribution is 6.30. The number of carbonyl (C=O) groups is 1. The molecule has 114 valence electrons. The Balaban J connectivity index is 1.73. The molecule has 6 heteroatoms. The van der Waals surface area contributed by atoms with Crippen LogP contribution >= 0.6 is 11.6 Å². The largest absolute Gasteiger partial charge is 0.348 e. The maximum Gasteiger partial charge on any atom is 0.255 e. The smallest absolute Gasteiger partial charge is 0.255 e. The van der Waals surface area contributed by atoms with Gasteiger partial charge in [-0.2, -0.15) is 5.10 Å². The summed E-state index contributed by atoms with van der Waals surface area (Å²) in [5.41, 5.74) is 3.30. The molecule has 22 heavy (non-hydrogen) atoms.